The zero-order chi connectivity index (χ0) is 23.9. The zero-order valence-electron chi connectivity index (χ0n) is 19.9. The van der Waals surface area contributed by atoms with Crippen LogP contribution >= 0.6 is 0 Å². The zero-order valence-corrected chi connectivity index (χ0v) is 20.7. The molecule has 34 heavy (non-hydrogen) atoms. The second-order valence-electron chi connectivity index (χ2n) is 10.5. The lowest BCUT2D eigenvalue weighted by Gasteiger charge is -2.60. The van der Waals surface area contributed by atoms with Gasteiger partial charge in [-0.3, -0.25) is 4.79 Å². The number of hydrogen-bond acceptors (Lipinski definition) is 5. The molecule has 0 aromatic heterocycles. The van der Waals surface area contributed by atoms with Crippen LogP contribution in [0.25, 0.3) is 0 Å². The van der Waals surface area contributed by atoms with Crippen molar-refractivity contribution >= 4 is 15.7 Å². The van der Waals surface area contributed by atoms with Crippen LogP contribution in [0.3, 0.4) is 0 Å². The van der Waals surface area contributed by atoms with Crippen molar-refractivity contribution in [3.05, 3.63) is 54.1 Å². The first-order valence-corrected chi connectivity index (χ1v) is 14.0. The number of amides is 1. The molecule has 0 unspecified atom stereocenters. The molecule has 4 bridgehead atoms. The van der Waals surface area contributed by atoms with Gasteiger partial charge >= 0.3 is 0 Å². The van der Waals surface area contributed by atoms with Crippen molar-refractivity contribution in [2.45, 2.75) is 55.5 Å². The van der Waals surface area contributed by atoms with E-state index in [4.69, 9.17) is 9.47 Å². The lowest BCUT2D eigenvalue weighted by molar-refractivity contribution is -0.154. The molecule has 0 spiro atoms. The highest BCUT2D eigenvalue weighted by Gasteiger charge is 2.54. The summed E-state index contributed by atoms with van der Waals surface area (Å²) >= 11 is 0. The lowest BCUT2D eigenvalue weighted by atomic mass is 9.52. The Balaban J connectivity index is 1.39. The molecule has 2 aromatic rings. The maximum atomic E-state index is 13.7. The standard InChI is InChI=1S/C27H33NO5S/c1-32-23-6-3-5-19(12-23)17-28(27-14-20-9-21(15-27)11-22(10-20)16-27)26(29)18-33-24-7-4-8-25(13-24)34(2,30)31/h3-8,12-13,20-22H,9-11,14-18H2,1-2H3. The van der Waals surface area contributed by atoms with E-state index in [9.17, 15) is 13.2 Å². The molecule has 182 valence electrons. The topological polar surface area (TPSA) is 72.9 Å². The van der Waals surface area contributed by atoms with Crippen LogP contribution in [-0.2, 0) is 21.2 Å². The molecule has 0 aliphatic heterocycles. The largest absolute Gasteiger partial charge is 0.497 e. The smallest absolute Gasteiger partial charge is 0.261 e. The van der Waals surface area contributed by atoms with Gasteiger partial charge in [-0.15, -0.1) is 0 Å². The van der Waals surface area contributed by atoms with E-state index in [-0.39, 0.29) is 22.9 Å². The second-order valence-corrected chi connectivity index (χ2v) is 12.5. The van der Waals surface area contributed by atoms with Gasteiger partial charge in [-0.25, -0.2) is 8.42 Å². The molecule has 6 nitrogen and oxygen atoms in total. The fourth-order valence-electron chi connectivity index (χ4n) is 6.89. The Hall–Kier alpha value is -2.54. The fourth-order valence-corrected chi connectivity index (χ4v) is 7.54. The van der Waals surface area contributed by atoms with Crippen molar-refractivity contribution in [1.29, 1.82) is 0 Å². The number of rotatable bonds is 8. The molecule has 1 amide bonds. The van der Waals surface area contributed by atoms with Crippen LogP contribution in [0.4, 0.5) is 0 Å². The summed E-state index contributed by atoms with van der Waals surface area (Å²) in [6.45, 7) is 0.411. The Morgan fingerprint density at radius 3 is 2.21 bits per heavy atom. The Morgan fingerprint density at radius 1 is 0.971 bits per heavy atom. The number of hydrogen-bond donors (Lipinski definition) is 0. The van der Waals surface area contributed by atoms with Gasteiger partial charge in [-0.1, -0.05) is 18.2 Å². The normalized spacial score (nSPS) is 27.4. The summed E-state index contributed by atoms with van der Waals surface area (Å²) in [5, 5.41) is 0. The summed E-state index contributed by atoms with van der Waals surface area (Å²) in [6, 6.07) is 14.3. The van der Waals surface area contributed by atoms with E-state index in [2.05, 4.69) is 4.90 Å². The minimum atomic E-state index is -3.35. The molecule has 6 rings (SSSR count). The van der Waals surface area contributed by atoms with Crippen molar-refractivity contribution in [3.8, 4) is 11.5 Å². The van der Waals surface area contributed by atoms with E-state index in [1.54, 1.807) is 19.2 Å². The van der Waals surface area contributed by atoms with Crippen LogP contribution in [0.2, 0.25) is 0 Å². The SMILES string of the molecule is COc1cccc(CN(C(=O)COc2cccc(S(C)(=O)=O)c2)C23CC4CC(CC(C4)C2)C3)c1. The molecular weight excluding hydrogens is 450 g/mol. The third-order valence-corrected chi connectivity index (χ3v) is 9.06. The first-order chi connectivity index (χ1) is 16.2. The number of methoxy groups -OCH3 is 1. The van der Waals surface area contributed by atoms with Crippen LogP contribution in [0.1, 0.15) is 44.1 Å². The highest BCUT2D eigenvalue weighted by Crippen LogP contribution is 2.58. The van der Waals surface area contributed by atoms with Crippen LogP contribution in [0.5, 0.6) is 11.5 Å². The fraction of sp³-hybridized carbons (Fsp3) is 0.519. The average Bonchev–Trinajstić information content (AvgIpc) is 2.80. The molecular formula is C27H33NO5S. The Morgan fingerprint density at radius 2 is 1.59 bits per heavy atom. The third kappa shape index (κ3) is 4.67. The summed E-state index contributed by atoms with van der Waals surface area (Å²) in [7, 11) is -1.69. The first-order valence-electron chi connectivity index (χ1n) is 12.1. The number of ether oxygens (including phenoxy) is 2. The van der Waals surface area contributed by atoms with Crippen LogP contribution < -0.4 is 9.47 Å². The van der Waals surface area contributed by atoms with Gasteiger partial charge in [0.15, 0.2) is 16.4 Å². The van der Waals surface area contributed by atoms with Gasteiger partial charge < -0.3 is 14.4 Å². The quantitative estimate of drug-likeness (QED) is 0.554. The van der Waals surface area contributed by atoms with Crippen molar-refractivity contribution in [2.24, 2.45) is 17.8 Å². The molecule has 0 saturated heterocycles. The van der Waals surface area contributed by atoms with Gasteiger partial charge in [0, 0.05) is 18.3 Å². The van der Waals surface area contributed by atoms with Crippen LogP contribution in [-0.4, -0.2) is 44.7 Å². The molecule has 0 heterocycles. The summed E-state index contributed by atoms with van der Waals surface area (Å²) in [5.41, 5.74) is 0.926. The van der Waals surface area contributed by atoms with E-state index in [1.165, 1.54) is 37.7 Å². The van der Waals surface area contributed by atoms with Crippen LogP contribution in [0, 0.1) is 17.8 Å². The molecule has 4 fully saturated rings. The third-order valence-electron chi connectivity index (χ3n) is 7.95. The highest BCUT2D eigenvalue weighted by atomic mass is 32.2. The maximum absolute atomic E-state index is 13.7. The molecule has 7 heteroatoms. The number of sulfone groups is 1. The van der Waals surface area contributed by atoms with Gasteiger partial charge in [0.05, 0.1) is 12.0 Å². The molecule has 2 aromatic carbocycles. The first kappa shape index (κ1) is 23.2. The molecule has 0 N–H and O–H groups in total. The van der Waals surface area contributed by atoms with Gasteiger partial charge in [0.2, 0.25) is 0 Å². The monoisotopic (exact) mass is 483 g/mol. The summed E-state index contributed by atoms with van der Waals surface area (Å²) in [4.78, 5) is 16.0. The van der Waals surface area contributed by atoms with Crippen LogP contribution in [0.15, 0.2) is 53.4 Å². The Labute approximate surface area is 202 Å². The van der Waals surface area contributed by atoms with Crippen molar-refractivity contribution in [2.75, 3.05) is 20.0 Å². The van der Waals surface area contributed by atoms with Gasteiger partial charge in [0.1, 0.15) is 11.5 Å². The summed E-state index contributed by atoms with van der Waals surface area (Å²) in [6.07, 6.45) is 8.27. The van der Waals surface area contributed by atoms with Gasteiger partial charge in [0.25, 0.3) is 5.91 Å². The van der Waals surface area contributed by atoms with E-state index < -0.39 is 9.84 Å². The Bertz CT molecular complexity index is 1140. The predicted molar refractivity (Wildman–Crippen MR) is 129 cm³/mol. The van der Waals surface area contributed by atoms with Crippen molar-refractivity contribution < 1.29 is 22.7 Å². The van der Waals surface area contributed by atoms with Gasteiger partial charge in [-0.05, 0) is 92.2 Å². The second kappa shape index (κ2) is 8.91. The summed E-state index contributed by atoms with van der Waals surface area (Å²) in [5.74, 6) is 3.25. The van der Waals surface area contributed by atoms with E-state index >= 15 is 0 Å². The molecule has 4 aliphatic carbocycles. The van der Waals surface area contributed by atoms with E-state index in [0.29, 0.717) is 30.0 Å². The van der Waals surface area contributed by atoms with E-state index in [1.807, 2.05) is 24.3 Å². The van der Waals surface area contributed by atoms with E-state index in [0.717, 1.165) is 30.6 Å². The molecule has 0 atom stereocenters. The Kier molecular flexibility index (Phi) is 6.09. The minimum absolute atomic E-state index is 0.0467. The van der Waals surface area contributed by atoms with Crippen molar-refractivity contribution in [1.82, 2.24) is 4.90 Å². The number of carbonyl (C=O) groups is 1. The lowest BCUT2D eigenvalue weighted by Crippen LogP contribution is -2.61. The number of carbonyl (C=O) groups excluding carboxylic acids is 1. The predicted octanol–water partition coefficient (Wildman–Crippen LogP) is 4.48. The molecule has 4 aliphatic rings. The molecule has 4 saturated carbocycles. The van der Waals surface area contributed by atoms with Crippen molar-refractivity contribution in [3.63, 3.8) is 0 Å². The average molecular weight is 484 g/mol. The van der Waals surface area contributed by atoms with Gasteiger partial charge in [-0.2, -0.15) is 0 Å². The molecule has 0 radical (unpaired) electrons. The summed E-state index contributed by atoms with van der Waals surface area (Å²) < 4.78 is 35.1. The maximum Gasteiger partial charge on any atom is 0.261 e. The number of benzene rings is 2. The minimum Gasteiger partial charge on any atom is -0.497 e. The number of nitrogens with zero attached hydrogens (tertiary/aromatic N) is 1. The highest BCUT2D eigenvalue weighted by molar-refractivity contribution is 7.90.